The van der Waals surface area contributed by atoms with Crippen molar-refractivity contribution in [2.45, 2.75) is 44.6 Å². The SMILES string of the molecule is C[C@H]1C[C@@H](C(=O)Nc2ccc3nc(C4CC4)oc3c2)CCN1. The molecule has 2 aromatic rings. The van der Waals surface area contributed by atoms with Gasteiger partial charge in [-0.25, -0.2) is 4.98 Å². The first-order valence-corrected chi connectivity index (χ1v) is 8.14. The molecule has 116 valence electrons. The van der Waals surface area contributed by atoms with E-state index in [0.29, 0.717) is 12.0 Å². The summed E-state index contributed by atoms with van der Waals surface area (Å²) in [6.45, 7) is 3.03. The lowest BCUT2D eigenvalue weighted by Gasteiger charge is -2.27. The van der Waals surface area contributed by atoms with Crippen molar-refractivity contribution in [1.82, 2.24) is 10.3 Å². The maximum atomic E-state index is 12.4. The highest BCUT2D eigenvalue weighted by Crippen LogP contribution is 2.40. The Kier molecular flexibility index (Phi) is 3.37. The topological polar surface area (TPSA) is 67.2 Å². The lowest BCUT2D eigenvalue weighted by molar-refractivity contribution is -0.120. The summed E-state index contributed by atoms with van der Waals surface area (Å²) in [7, 11) is 0. The minimum Gasteiger partial charge on any atom is -0.440 e. The number of nitrogens with one attached hydrogen (secondary N) is 2. The minimum atomic E-state index is 0.0868. The summed E-state index contributed by atoms with van der Waals surface area (Å²) in [4.78, 5) is 16.9. The summed E-state index contributed by atoms with van der Waals surface area (Å²) in [5.41, 5.74) is 2.43. The molecule has 22 heavy (non-hydrogen) atoms. The molecule has 1 saturated heterocycles. The van der Waals surface area contributed by atoms with E-state index in [9.17, 15) is 4.79 Å². The molecule has 1 amide bonds. The number of rotatable bonds is 3. The first kappa shape index (κ1) is 13.8. The molecule has 2 heterocycles. The zero-order valence-electron chi connectivity index (χ0n) is 12.8. The van der Waals surface area contributed by atoms with Gasteiger partial charge in [0.25, 0.3) is 0 Å². The Hall–Kier alpha value is -1.88. The molecule has 1 aromatic carbocycles. The molecule has 2 N–H and O–H groups in total. The molecular formula is C17H21N3O2. The highest BCUT2D eigenvalue weighted by molar-refractivity contribution is 5.94. The minimum absolute atomic E-state index is 0.0868. The van der Waals surface area contributed by atoms with Crippen molar-refractivity contribution in [1.29, 1.82) is 0 Å². The van der Waals surface area contributed by atoms with Crippen LogP contribution in [-0.2, 0) is 4.79 Å². The van der Waals surface area contributed by atoms with Gasteiger partial charge >= 0.3 is 0 Å². The van der Waals surface area contributed by atoms with Crippen molar-refractivity contribution in [3.8, 4) is 0 Å². The van der Waals surface area contributed by atoms with Gasteiger partial charge in [0.15, 0.2) is 11.5 Å². The summed E-state index contributed by atoms with van der Waals surface area (Å²) in [5, 5.41) is 6.39. The van der Waals surface area contributed by atoms with Crippen LogP contribution < -0.4 is 10.6 Å². The molecule has 1 aliphatic carbocycles. The Bertz CT molecular complexity index is 705. The first-order chi connectivity index (χ1) is 10.7. The van der Waals surface area contributed by atoms with Gasteiger partial charge in [0.1, 0.15) is 5.52 Å². The van der Waals surface area contributed by atoms with Gasteiger partial charge in [0.05, 0.1) is 0 Å². The van der Waals surface area contributed by atoms with Crippen molar-refractivity contribution >= 4 is 22.7 Å². The van der Waals surface area contributed by atoms with E-state index in [1.165, 1.54) is 12.8 Å². The van der Waals surface area contributed by atoms with Gasteiger partial charge < -0.3 is 15.1 Å². The molecule has 5 nitrogen and oxygen atoms in total. The molecule has 2 fully saturated rings. The summed E-state index contributed by atoms with van der Waals surface area (Å²) in [5.74, 6) is 1.53. The van der Waals surface area contributed by atoms with Gasteiger partial charge in [-0.3, -0.25) is 4.79 Å². The predicted molar refractivity (Wildman–Crippen MR) is 84.8 cm³/mol. The summed E-state index contributed by atoms with van der Waals surface area (Å²) < 4.78 is 5.80. The lowest BCUT2D eigenvalue weighted by Crippen LogP contribution is -2.40. The molecule has 0 spiro atoms. The molecule has 2 atom stereocenters. The van der Waals surface area contributed by atoms with Gasteiger partial charge in [-0.2, -0.15) is 0 Å². The molecule has 0 bridgehead atoms. The van der Waals surface area contributed by atoms with Gasteiger partial charge in [0, 0.05) is 29.6 Å². The van der Waals surface area contributed by atoms with Crippen LogP contribution in [0.25, 0.3) is 11.1 Å². The van der Waals surface area contributed by atoms with E-state index < -0.39 is 0 Å². The van der Waals surface area contributed by atoms with Crippen LogP contribution >= 0.6 is 0 Å². The largest absolute Gasteiger partial charge is 0.440 e. The van der Waals surface area contributed by atoms with Gasteiger partial charge in [-0.1, -0.05) is 0 Å². The number of fused-ring (bicyclic) bond motifs is 1. The van der Waals surface area contributed by atoms with Crippen LogP contribution in [-0.4, -0.2) is 23.5 Å². The van der Waals surface area contributed by atoms with E-state index in [1.807, 2.05) is 18.2 Å². The fraction of sp³-hybridized carbons (Fsp3) is 0.529. The Morgan fingerprint density at radius 3 is 3.00 bits per heavy atom. The quantitative estimate of drug-likeness (QED) is 0.914. The summed E-state index contributed by atoms with van der Waals surface area (Å²) in [6.07, 6.45) is 4.13. The number of anilines is 1. The number of hydrogen-bond donors (Lipinski definition) is 2. The molecule has 5 heteroatoms. The average molecular weight is 299 g/mol. The Labute approximate surface area is 129 Å². The number of benzene rings is 1. The molecule has 1 aliphatic heterocycles. The molecule has 1 aromatic heterocycles. The highest BCUT2D eigenvalue weighted by Gasteiger charge is 2.29. The van der Waals surface area contributed by atoms with Gasteiger partial charge in [-0.15, -0.1) is 0 Å². The zero-order valence-corrected chi connectivity index (χ0v) is 12.8. The number of carbonyl (C=O) groups excluding carboxylic acids is 1. The van der Waals surface area contributed by atoms with Crippen LogP contribution in [0.4, 0.5) is 5.69 Å². The van der Waals surface area contributed by atoms with E-state index >= 15 is 0 Å². The van der Waals surface area contributed by atoms with Crippen molar-refractivity contribution in [3.63, 3.8) is 0 Å². The second kappa shape index (κ2) is 5.39. The fourth-order valence-electron chi connectivity index (χ4n) is 3.14. The maximum absolute atomic E-state index is 12.4. The average Bonchev–Trinajstić information content (AvgIpc) is 3.27. The first-order valence-electron chi connectivity index (χ1n) is 8.14. The van der Waals surface area contributed by atoms with Crippen LogP contribution in [0.5, 0.6) is 0 Å². The number of oxazole rings is 1. The number of piperidine rings is 1. The van der Waals surface area contributed by atoms with E-state index in [4.69, 9.17) is 4.42 Å². The smallest absolute Gasteiger partial charge is 0.227 e. The summed E-state index contributed by atoms with van der Waals surface area (Å²) in [6, 6.07) is 6.12. The molecule has 1 saturated carbocycles. The number of aromatic nitrogens is 1. The normalized spacial score (nSPS) is 25.3. The van der Waals surface area contributed by atoms with E-state index in [1.54, 1.807) is 0 Å². The Balaban J connectivity index is 1.49. The monoisotopic (exact) mass is 299 g/mol. The third kappa shape index (κ3) is 2.73. The fourth-order valence-corrected chi connectivity index (χ4v) is 3.14. The van der Waals surface area contributed by atoms with Crippen molar-refractivity contribution < 1.29 is 9.21 Å². The number of hydrogen-bond acceptors (Lipinski definition) is 4. The van der Waals surface area contributed by atoms with Crippen molar-refractivity contribution in [2.75, 3.05) is 11.9 Å². The number of nitrogens with zero attached hydrogens (tertiary/aromatic N) is 1. The standard InChI is InChI=1S/C17H21N3O2/c1-10-8-12(6-7-18-10)16(21)19-13-4-5-14-15(9-13)22-17(20-14)11-2-3-11/h4-5,9-12,18H,2-3,6-8H2,1H3,(H,19,21)/t10-,12-/m0/s1. The van der Waals surface area contributed by atoms with Crippen LogP contribution in [0.2, 0.25) is 0 Å². The third-order valence-corrected chi connectivity index (χ3v) is 4.59. The molecule has 4 rings (SSSR count). The second-order valence-electron chi connectivity index (χ2n) is 6.57. The number of amides is 1. The van der Waals surface area contributed by atoms with Crippen LogP contribution in [0.3, 0.4) is 0 Å². The van der Waals surface area contributed by atoms with E-state index in [2.05, 4.69) is 22.5 Å². The molecule has 0 unspecified atom stereocenters. The molecule has 0 radical (unpaired) electrons. The zero-order chi connectivity index (χ0) is 15.1. The van der Waals surface area contributed by atoms with Gasteiger partial charge in [-0.05, 0) is 51.3 Å². The third-order valence-electron chi connectivity index (χ3n) is 4.59. The molecule has 2 aliphatic rings. The van der Waals surface area contributed by atoms with Crippen molar-refractivity contribution in [2.24, 2.45) is 5.92 Å². The van der Waals surface area contributed by atoms with Crippen molar-refractivity contribution in [3.05, 3.63) is 24.1 Å². The van der Waals surface area contributed by atoms with Crippen LogP contribution in [0, 0.1) is 5.92 Å². The van der Waals surface area contributed by atoms with Crippen LogP contribution in [0.1, 0.15) is 44.4 Å². The molecular weight excluding hydrogens is 278 g/mol. The Morgan fingerprint density at radius 2 is 2.23 bits per heavy atom. The predicted octanol–water partition coefficient (Wildman–Crippen LogP) is 3.03. The second-order valence-corrected chi connectivity index (χ2v) is 6.57. The maximum Gasteiger partial charge on any atom is 0.227 e. The lowest BCUT2D eigenvalue weighted by atomic mass is 9.92. The highest BCUT2D eigenvalue weighted by atomic mass is 16.3. The van der Waals surface area contributed by atoms with Gasteiger partial charge in [0.2, 0.25) is 5.91 Å². The van der Waals surface area contributed by atoms with Crippen LogP contribution in [0.15, 0.2) is 22.6 Å². The Morgan fingerprint density at radius 1 is 1.36 bits per heavy atom. The number of carbonyl (C=O) groups is 1. The van der Waals surface area contributed by atoms with E-state index in [-0.39, 0.29) is 11.8 Å². The van der Waals surface area contributed by atoms with E-state index in [0.717, 1.165) is 42.1 Å². The summed E-state index contributed by atoms with van der Waals surface area (Å²) >= 11 is 0.